The molecule has 0 fully saturated rings. The molecule has 0 spiro atoms. The summed E-state index contributed by atoms with van der Waals surface area (Å²) < 4.78 is 6.63. The van der Waals surface area contributed by atoms with Crippen molar-refractivity contribution in [2.75, 3.05) is 5.32 Å². The molecular weight excluding hydrogens is 422 g/mol. The summed E-state index contributed by atoms with van der Waals surface area (Å²) in [6.07, 6.45) is 0. The third kappa shape index (κ3) is 3.48. The van der Waals surface area contributed by atoms with Crippen molar-refractivity contribution in [1.82, 2.24) is 9.97 Å². The zero-order valence-corrected chi connectivity index (χ0v) is 16.8. The summed E-state index contributed by atoms with van der Waals surface area (Å²) in [5, 5.41) is 3.75. The van der Waals surface area contributed by atoms with Crippen molar-refractivity contribution in [2.45, 2.75) is 13.8 Å². The van der Waals surface area contributed by atoms with Gasteiger partial charge in [0.25, 0.3) is 11.5 Å². The second-order valence-corrected chi connectivity index (χ2v) is 7.36. The lowest BCUT2D eigenvalue weighted by Crippen LogP contribution is -2.12. The summed E-state index contributed by atoms with van der Waals surface area (Å²) in [7, 11) is 0. The second kappa shape index (κ2) is 7.09. The lowest BCUT2D eigenvalue weighted by atomic mass is 10.1. The highest BCUT2D eigenvalue weighted by Gasteiger charge is 2.18. The first-order chi connectivity index (χ1) is 13.4. The van der Waals surface area contributed by atoms with E-state index in [0.717, 1.165) is 21.0 Å². The van der Waals surface area contributed by atoms with Crippen molar-refractivity contribution >= 4 is 38.5 Å². The van der Waals surface area contributed by atoms with Crippen LogP contribution in [-0.2, 0) is 0 Å². The first-order valence-electron chi connectivity index (χ1n) is 8.59. The topological polar surface area (TPSA) is 88.0 Å². The van der Waals surface area contributed by atoms with Crippen LogP contribution in [0.3, 0.4) is 0 Å². The number of rotatable bonds is 3. The van der Waals surface area contributed by atoms with Gasteiger partial charge in [0.05, 0.1) is 5.69 Å². The van der Waals surface area contributed by atoms with Gasteiger partial charge in [0.1, 0.15) is 11.4 Å². The van der Waals surface area contributed by atoms with E-state index in [-0.39, 0.29) is 17.2 Å². The van der Waals surface area contributed by atoms with Crippen molar-refractivity contribution in [1.29, 1.82) is 0 Å². The van der Waals surface area contributed by atoms with E-state index >= 15 is 0 Å². The van der Waals surface area contributed by atoms with Gasteiger partial charge < -0.3 is 14.7 Å². The quantitative estimate of drug-likeness (QED) is 0.480. The third-order valence-corrected chi connectivity index (χ3v) is 4.90. The van der Waals surface area contributed by atoms with Crippen LogP contribution >= 0.6 is 15.9 Å². The van der Waals surface area contributed by atoms with Gasteiger partial charge in [0.2, 0.25) is 0 Å². The number of carbonyl (C=O) groups is 1. The van der Waals surface area contributed by atoms with E-state index in [1.165, 1.54) is 6.07 Å². The van der Waals surface area contributed by atoms with Crippen molar-refractivity contribution in [2.24, 2.45) is 0 Å². The maximum Gasteiger partial charge on any atom is 0.291 e. The van der Waals surface area contributed by atoms with Gasteiger partial charge in [-0.25, -0.2) is 4.98 Å². The summed E-state index contributed by atoms with van der Waals surface area (Å²) in [4.78, 5) is 31.2. The van der Waals surface area contributed by atoms with Gasteiger partial charge in [-0.15, -0.1) is 0 Å². The zero-order chi connectivity index (χ0) is 19.8. The van der Waals surface area contributed by atoms with E-state index < -0.39 is 0 Å². The van der Waals surface area contributed by atoms with Crippen LogP contribution in [-0.4, -0.2) is 15.9 Å². The van der Waals surface area contributed by atoms with E-state index in [2.05, 4.69) is 31.2 Å². The number of amides is 1. The Hall–Kier alpha value is -3.19. The number of benzene rings is 2. The Kier molecular flexibility index (Phi) is 4.60. The van der Waals surface area contributed by atoms with Crippen LogP contribution in [0.15, 0.2) is 62.2 Å². The number of H-pyrrole nitrogens is 1. The highest BCUT2D eigenvalue weighted by Crippen LogP contribution is 2.28. The second-order valence-electron chi connectivity index (χ2n) is 6.44. The van der Waals surface area contributed by atoms with Crippen molar-refractivity contribution in [3.8, 4) is 11.3 Å². The summed E-state index contributed by atoms with van der Waals surface area (Å²) in [5.74, 6) is 0.513. The maximum atomic E-state index is 12.7. The van der Waals surface area contributed by atoms with Crippen LogP contribution in [0.1, 0.15) is 21.9 Å². The number of halogens is 1. The predicted molar refractivity (Wildman–Crippen MR) is 112 cm³/mol. The number of fused-ring (bicyclic) bond motifs is 1. The molecule has 2 aromatic carbocycles. The van der Waals surface area contributed by atoms with Gasteiger partial charge in [0, 0.05) is 32.7 Å². The summed E-state index contributed by atoms with van der Waals surface area (Å²) in [6.45, 7) is 3.59. The lowest BCUT2D eigenvalue weighted by Gasteiger charge is -2.06. The first-order valence-corrected chi connectivity index (χ1v) is 9.38. The molecule has 0 saturated carbocycles. The van der Waals surface area contributed by atoms with Crippen LogP contribution in [0, 0.1) is 13.8 Å². The van der Waals surface area contributed by atoms with Crippen LogP contribution in [0.25, 0.3) is 22.2 Å². The van der Waals surface area contributed by atoms with Gasteiger partial charge in [0.15, 0.2) is 5.76 Å². The van der Waals surface area contributed by atoms with Crippen LogP contribution in [0.4, 0.5) is 5.69 Å². The number of nitrogens with one attached hydrogen (secondary N) is 2. The fourth-order valence-corrected chi connectivity index (χ4v) is 3.40. The minimum atomic E-state index is -0.317. The fraction of sp³-hybridized carbons (Fsp3) is 0.0952. The van der Waals surface area contributed by atoms with Crippen molar-refractivity contribution < 1.29 is 9.21 Å². The molecule has 7 heteroatoms. The Morgan fingerprint density at radius 1 is 1.11 bits per heavy atom. The van der Waals surface area contributed by atoms with E-state index in [1.807, 2.05) is 25.1 Å². The molecule has 0 atom stereocenters. The Bertz CT molecular complexity index is 1260. The molecule has 140 valence electrons. The molecule has 0 aliphatic carbocycles. The van der Waals surface area contributed by atoms with Gasteiger partial charge in [-0.05, 0) is 44.2 Å². The molecule has 4 rings (SSSR count). The van der Waals surface area contributed by atoms with Crippen LogP contribution in [0.2, 0.25) is 0 Å². The molecule has 0 saturated heterocycles. The molecule has 2 aromatic heterocycles. The molecule has 0 unspecified atom stereocenters. The highest BCUT2D eigenvalue weighted by molar-refractivity contribution is 9.10. The Morgan fingerprint density at radius 2 is 1.86 bits per heavy atom. The SMILES string of the molecule is Cc1nc(-c2ccc(NC(=O)c3oc4cc(Br)ccc4c3C)cc2)cc(=O)[nH]1. The Morgan fingerprint density at radius 3 is 2.57 bits per heavy atom. The molecule has 28 heavy (non-hydrogen) atoms. The maximum absolute atomic E-state index is 12.7. The molecule has 0 bridgehead atoms. The minimum Gasteiger partial charge on any atom is -0.451 e. The number of anilines is 1. The summed E-state index contributed by atoms with van der Waals surface area (Å²) in [6, 6.07) is 14.2. The molecule has 4 aromatic rings. The zero-order valence-electron chi connectivity index (χ0n) is 15.2. The third-order valence-electron chi connectivity index (χ3n) is 4.41. The monoisotopic (exact) mass is 437 g/mol. The molecule has 0 aliphatic rings. The van der Waals surface area contributed by atoms with Crippen molar-refractivity contribution in [3.05, 3.63) is 80.5 Å². The number of hydrogen-bond donors (Lipinski definition) is 2. The summed E-state index contributed by atoms with van der Waals surface area (Å²) in [5.41, 5.74) is 3.24. The number of hydrogen-bond acceptors (Lipinski definition) is 4. The molecule has 2 N–H and O–H groups in total. The molecular formula is C21H16BrN3O3. The number of carbonyl (C=O) groups excluding carboxylic acids is 1. The molecule has 6 nitrogen and oxygen atoms in total. The van der Waals surface area contributed by atoms with Crippen molar-refractivity contribution in [3.63, 3.8) is 0 Å². The van der Waals surface area contributed by atoms with E-state index in [4.69, 9.17) is 4.42 Å². The normalized spacial score (nSPS) is 11.0. The lowest BCUT2D eigenvalue weighted by molar-refractivity contribution is 0.0998. The average molecular weight is 438 g/mol. The average Bonchev–Trinajstić information content (AvgIpc) is 2.97. The van der Waals surface area contributed by atoms with E-state index in [0.29, 0.717) is 22.8 Å². The summed E-state index contributed by atoms with van der Waals surface area (Å²) >= 11 is 3.40. The predicted octanol–water partition coefficient (Wildman–Crippen LogP) is 4.81. The van der Waals surface area contributed by atoms with Gasteiger partial charge in [-0.1, -0.05) is 28.1 Å². The number of aromatic nitrogens is 2. The van der Waals surface area contributed by atoms with Gasteiger partial charge >= 0.3 is 0 Å². The highest BCUT2D eigenvalue weighted by atomic mass is 79.9. The number of aromatic amines is 1. The minimum absolute atomic E-state index is 0.202. The van der Waals surface area contributed by atoms with Crippen LogP contribution in [0.5, 0.6) is 0 Å². The number of furan rings is 1. The van der Waals surface area contributed by atoms with E-state index in [1.54, 1.807) is 31.2 Å². The molecule has 1 amide bonds. The number of nitrogens with zero attached hydrogens (tertiary/aromatic N) is 1. The smallest absolute Gasteiger partial charge is 0.291 e. The van der Waals surface area contributed by atoms with Gasteiger partial charge in [-0.2, -0.15) is 0 Å². The standard InChI is InChI=1S/C21H16BrN3O3/c1-11-16-8-5-14(22)9-18(16)28-20(11)21(27)25-15-6-3-13(4-7-15)17-10-19(26)24-12(2)23-17/h3-10H,1-2H3,(H,25,27)(H,23,24,26). The first kappa shape index (κ1) is 18.2. The van der Waals surface area contributed by atoms with Crippen LogP contribution < -0.4 is 10.9 Å². The Labute approximate surface area is 168 Å². The molecule has 0 radical (unpaired) electrons. The number of aryl methyl sites for hydroxylation is 2. The van der Waals surface area contributed by atoms with E-state index in [9.17, 15) is 9.59 Å². The molecule has 2 heterocycles. The van der Waals surface area contributed by atoms with Gasteiger partial charge in [-0.3, -0.25) is 9.59 Å². The molecule has 0 aliphatic heterocycles. The fourth-order valence-electron chi connectivity index (χ4n) is 3.06. The Balaban J connectivity index is 1.58. The largest absolute Gasteiger partial charge is 0.451 e.